The zero-order chi connectivity index (χ0) is 23.2. The maximum absolute atomic E-state index is 12.7. The first kappa shape index (κ1) is 22.6. The molecule has 1 heterocycles. The number of hydrogen-bond acceptors (Lipinski definition) is 5. The van der Waals surface area contributed by atoms with Gasteiger partial charge >= 0.3 is 0 Å². The van der Waals surface area contributed by atoms with E-state index in [1.165, 1.54) is 0 Å². The van der Waals surface area contributed by atoms with Gasteiger partial charge in [-0.25, -0.2) is 5.10 Å². The van der Waals surface area contributed by atoms with Crippen LogP contribution in [0, 0.1) is 0 Å². The van der Waals surface area contributed by atoms with Crippen molar-refractivity contribution in [3.05, 3.63) is 86.3 Å². The Labute approximate surface area is 193 Å². The number of methoxy groups -OCH3 is 2. The van der Waals surface area contributed by atoms with Crippen molar-refractivity contribution in [1.29, 1.82) is 0 Å². The van der Waals surface area contributed by atoms with Crippen molar-refractivity contribution in [3.8, 4) is 11.5 Å². The Morgan fingerprint density at radius 3 is 2.67 bits per heavy atom. The fraction of sp³-hybridized carbons (Fsp3) is 0.346. The zero-order valence-corrected chi connectivity index (χ0v) is 19.1. The molecule has 7 heteroatoms. The van der Waals surface area contributed by atoms with E-state index >= 15 is 0 Å². The number of fused-ring (bicyclic) bond motifs is 1. The Morgan fingerprint density at radius 1 is 1.06 bits per heavy atom. The Balaban J connectivity index is 1.41. The molecule has 3 aromatic rings. The molecule has 0 spiro atoms. The first-order valence-electron chi connectivity index (χ1n) is 11.3. The van der Waals surface area contributed by atoms with Crippen LogP contribution in [-0.4, -0.2) is 36.9 Å². The molecule has 0 radical (unpaired) electrons. The minimum Gasteiger partial charge on any atom is -0.497 e. The summed E-state index contributed by atoms with van der Waals surface area (Å²) >= 11 is 0. The number of nitrogens with one attached hydrogen (secondary N) is 2. The summed E-state index contributed by atoms with van der Waals surface area (Å²) in [6.45, 7) is 0.487. The molecule has 1 amide bonds. The number of amides is 1. The predicted molar refractivity (Wildman–Crippen MR) is 126 cm³/mol. The van der Waals surface area contributed by atoms with Gasteiger partial charge in [-0.05, 0) is 67.0 Å². The number of carbonyl (C=O) groups excluding carboxylic acids is 1. The third-order valence-corrected chi connectivity index (χ3v) is 6.12. The molecule has 33 heavy (non-hydrogen) atoms. The van der Waals surface area contributed by atoms with Crippen molar-refractivity contribution in [1.82, 2.24) is 15.5 Å². The van der Waals surface area contributed by atoms with Gasteiger partial charge in [-0.1, -0.05) is 18.2 Å². The summed E-state index contributed by atoms with van der Waals surface area (Å²) < 4.78 is 10.7. The molecule has 172 valence electrons. The van der Waals surface area contributed by atoms with Gasteiger partial charge in [0.25, 0.3) is 11.5 Å². The van der Waals surface area contributed by atoms with Gasteiger partial charge in [-0.3, -0.25) is 9.59 Å². The minimum absolute atomic E-state index is 0.0740. The van der Waals surface area contributed by atoms with Crippen molar-refractivity contribution in [3.63, 3.8) is 0 Å². The standard InChI is InChI=1S/C26H29N3O4/c1-32-20-11-10-18(24(16-20)33-2)12-13-27-25(30)19-7-5-6-17(14-19)15-23-21-8-3-4-9-22(21)26(31)29-28-23/h5-7,10-11,14,16H,3-4,8-9,12-13,15H2,1-2H3,(H,27,30)(H,29,31). The fourth-order valence-electron chi connectivity index (χ4n) is 4.36. The van der Waals surface area contributed by atoms with Crippen LogP contribution in [0.4, 0.5) is 0 Å². The van der Waals surface area contributed by atoms with Gasteiger partial charge in [-0.15, -0.1) is 0 Å². The van der Waals surface area contributed by atoms with Gasteiger partial charge < -0.3 is 14.8 Å². The van der Waals surface area contributed by atoms with E-state index in [0.717, 1.165) is 65.1 Å². The zero-order valence-electron chi connectivity index (χ0n) is 19.1. The maximum atomic E-state index is 12.7. The van der Waals surface area contributed by atoms with E-state index in [2.05, 4.69) is 15.5 Å². The highest BCUT2D eigenvalue weighted by Crippen LogP contribution is 2.25. The molecule has 0 bridgehead atoms. The van der Waals surface area contributed by atoms with Crippen molar-refractivity contribution >= 4 is 5.91 Å². The molecule has 1 aliphatic rings. The molecule has 0 atom stereocenters. The van der Waals surface area contributed by atoms with Crippen LogP contribution >= 0.6 is 0 Å². The van der Waals surface area contributed by atoms with E-state index < -0.39 is 0 Å². The van der Waals surface area contributed by atoms with Crippen molar-refractivity contribution in [2.75, 3.05) is 20.8 Å². The Bertz CT molecular complexity index is 1200. The second-order valence-corrected chi connectivity index (χ2v) is 8.22. The molecule has 1 aromatic heterocycles. The van der Waals surface area contributed by atoms with Crippen LogP contribution in [0.5, 0.6) is 11.5 Å². The third kappa shape index (κ3) is 5.25. The Kier molecular flexibility index (Phi) is 7.07. The van der Waals surface area contributed by atoms with Gasteiger partial charge in [0.05, 0.1) is 19.9 Å². The average molecular weight is 448 g/mol. The third-order valence-electron chi connectivity index (χ3n) is 6.12. The van der Waals surface area contributed by atoms with E-state index in [9.17, 15) is 9.59 Å². The highest BCUT2D eigenvalue weighted by molar-refractivity contribution is 5.94. The minimum atomic E-state index is -0.124. The summed E-state index contributed by atoms with van der Waals surface area (Å²) in [5.41, 5.74) is 5.37. The van der Waals surface area contributed by atoms with Crippen molar-refractivity contribution < 1.29 is 14.3 Å². The quantitative estimate of drug-likeness (QED) is 0.553. The SMILES string of the molecule is COc1ccc(CCNC(=O)c2cccc(Cc3n[nH]c(=O)c4c3CCCC4)c2)c(OC)c1. The topological polar surface area (TPSA) is 93.3 Å². The first-order chi connectivity index (χ1) is 16.1. The average Bonchev–Trinajstić information content (AvgIpc) is 2.86. The smallest absolute Gasteiger partial charge is 0.267 e. The van der Waals surface area contributed by atoms with Crippen LogP contribution < -0.4 is 20.3 Å². The molecule has 0 saturated carbocycles. The highest BCUT2D eigenvalue weighted by atomic mass is 16.5. The second-order valence-electron chi connectivity index (χ2n) is 8.22. The summed E-state index contributed by atoms with van der Waals surface area (Å²) in [6.07, 6.45) is 5.04. The number of aromatic nitrogens is 2. The van der Waals surface area contributed by atoms with Crippen molar-refractivity contribution in [2.24, 2.45) is 0 Å². The van der Waals surface area contributed by atoms with E-state index in [1.54, 1.807) is 14.2 Å². The lowest BCUT2D eigenvalue weighted by molar-refractivity contribution is 0.0954. The summed E-state index contributed by atoms with van der Waals surface area (Å²) in [5, 5.41) is 9.94. The van der Waals surface area contributed by atoms with Crippen LogP contribution in [0.1, 0.15) is 51.1 Å². The van der Waals surface area contributed by atoms with Crippen LogP contribution in [0.3, 0.4) is 0 Å². The molecule has 0 unspecified atom stereocenters. The summed E-state index contributed by atoms with van der Waals surface area (Å²) in [4.78, 5) is 24.8. The monoisotopic (exact) mass is 447 g/mol. The van der Waals surface area contributed by atoms with E-state index in [-0.39, 0.29) is 11.5 Å². The molecule has 4 rings (SSSR count). The first-order valence-corrected chi connectivity index (χ1v) is 11.3. The molecule has 2 aromatic carbocycles. The van der Waals surface area contributed by atoms with E-state index in [0.29, 0.717) is 24.9 Å². The van der Waals surface area contributed by atoms with Gasteiger partial charge in [0.15, 0.2) is 0 Å². The lowest BCUT2D eigenvalue weighted by Gasteiger charge is -2.17. The van der Waals surface area contributed by atoms with Gasteiger partial charge in [-0.2, -0.15) is 5.10 Å². The molecule has 7 nitrogen and oxygen atoms in total. The van der Waals surface area contributed by atoms with Crippen molar-refractivity contribution in [2.45, 2.75) is 38.5 Å². The molecular formula is C26H29N3O4. The van der Waals surface area contributed by atoms with E-state index in [4.69, 9.17) is 9.47 Å². The number of carbonyl (C=O) groups is 1. The summed E-state index contributed by atoms with van der Waals surface area (Å²) in [7, 11) is 3.24. The van der Waals surface area contributed by atoms with Gasteiger partial charge in [0.2, 0.25) is 0 Å². The van der Waals surface area contributed by atoms with Gasteiger partial charge in [0, 0.05) is 30.2 Å². The number of nitrogens with zero attached hydrogens (tertiary/aromatic N) is 1. The second kappa shape index (κ2) is 10.3. The molecule has 0 aliphatic heterocycles. The van der Waals surface area contributed by atoms with Crippen LogP contribution in [0.2, 0.25) is 0 Å². The number of H-pyrrole nitrogens is 1. The lowest BCUT2D eigenvalue weighted by atomic mass is 9.90. The highest BCUT2D eigenvalue weighted by Gasteiger charge is 2.18. The lowest BCUT2D eigenvalue weighted by Crippen LogP contribution is -2.26. The number of benzene rings is 2. The summed E-state index contributed by atoms with van der Waals surface area (Å²) in [5.74, 6) is 1.35. The molecule has 1 aliphatic carbocycles. The summed E-state index contributed by atoms with van der Waals surface area (Å²) in [6, 6.07) is 13.2. The van der Waals surface area contributed by atoms with E-state index in [1.807, 2.05) is 42.5 Å². The van der Waals surface area contributed by atoms with Crippen LogP contribution in [0.15, 0.2) is 47.3 Å². The molecular weight excluding hydrogens is 418 g/mol. The molecule has 0 fully saturated rings. The number of aromatic amines is 1. The molecule has 2 N–H and O–H groups in total. The molecule has 0 saturated heterocycles. The number of rotatable bonds is 8. The predicted octanol–water partition coefficient (Wildman–Crippen LogP) is 3.23. The van der Waals surface area contributed by atoms with Gasteiger partial charge in [0.1, 0.15) is 11.5 Å². The Hall–Kier alpha value is -3.61. The Morgan fingerprint density at radius 2 is 1.88 bits per heavy atom. The number of hydrogen-bond donors (Lipinski definition) is 2. The fourth-order valence-corrected chi connectivity index (χ4v) is 4.36. The maximum Gasteiger partial charge on any atom is 0.267 e. The van der Waals surface area contributed by atoms with Crippen LogP contribution in [0.25, 0.3) is 0 Å². The van der Waals surface area contributed by atoms with Crippen LogP contribution in [-0.2, 0) is 25.7 Å². The normalized spacial score (nSPS) is 12.7. The largest absolute Gasteiger partial charge is 0.497 e. The number of ether oxygens (including phenoxy) is 2.